The first-order valence-corrected chi connectivity index (χ1v) is 6.82. The fraction of sp³-hybridized carbons (Fsp3) is 0.167. The van der Waals surface area contributed by atoms with Crippen molar-refractivity contribution in [1.82, 2.24) is 4.98 Å². The van der Waals surface area contributed by atoms with E-state index in [0.29, 0.717) is 11.1 Å². The van der Waals surface area contributed by atoms with Gasteiger partial charge in [-0.05, 0) is 48.1 Å². The summed E-state index contributed by atoms with van der Waals surface area (Å²) in [6.07, 6.45) is 3.44. The van der Waals surface area contributed by atoms with Gasteiger partial charge in [0.15, 0.2) is 0 Å². The normalized spacial score (nSPS) is 14.1. The van der Waals surface area contributed by atoms with Crippen molar-refractivity contribution < 1.29 is 9.50 Å². The minimum Gasteiger partial charge on any atom is -0.381 e. The molecule has 0 radical (unpaired) electrons. The first kappa shape index (κ1) is 13.7. The first-order chi connectivity index (χ1) is 10.00. The van der Waals surface area contributed by atoms with E-state index >= 15 is 0 Å². The third-order valence-corrected chi connectivity index (χ3v) is 3.94. The lowest BCUT2D eigenvalue weighted by Crippen LogP contribution is -2.23. The highest BCUT2D eigenvalue weighted by Crippen LogP contribution is 2.34. The molecule has 0 amide bonds. The Morgan fingerprint density at radius 3 is 2.71 bits per heavy atom. The number of hydrogen-bond donors (Lipinski definition) is 1. The van der Waals surface area contributed by atoms with Crippen LogP contribution in [0.4, 0.5) is 4.39 Å². The molecule has 1 atom stereocenters. The van der Waals surface area contributed by atoms with Crippen LogP contribution in [0.3, 0.4) is 0 Å². The summed E-state index contributed by atoms with van der Waals surface area (Å²) in [4.78, 5) is 4.13. The molecule has 1 unspecified atom stereocenters. The van der Waals surface area contributed by atoms with Crippen molar-refractivity contribution in [2.75, 3.05) is 0 Å². The van der Waals surface area contributed by atoms with Gasteiger partial charge in [0, 0.05) is 17.8 Å². The van der Waals surface area contributed by atoms with Gasteiger partial charge >= 0.3 is 0 Å². The van der Waals surface area contributed by atoms with E-state index in [1.54, 1.807) is 38.4 Å². The monoisotopic (exact) mass is 281 g/mol. The topological polar surface area (TPSA) is 33.1 Å². The Bertz CT molecular complexity index is 806. The molecule has 2 nitrogen and oxygen atoms in total. The zero-order valence-corrected chi connectivity index (χ0v) is 12.0. The van der Waals surface area contributed by atoms with E-state index < -0.39 is 5.60 Å². The third-order valence-electron chi connectivity index (χ3n) is 3.94. The summed E-state index contributed by atoms with van der Waals surface area (Å²) in [7, 11) is 0. The zero-order valence-electron chi connectivity index (χ0n) is 12.0. The SMILES string of the molecule is Cc1ccc(C(C)(O)c2cccc3ccncc23)cc1F. The van der Waals surface area contributed by atoms with Crippen molar-refractivity contribution in [3.05, 3.63) is 77.4 Å². The van der Waals surface area contributed by atoms with Gasteiger partial charge in [-0.15, -0.1) is 0 Å². The number of aliphatic hydroxyl groups is 1. The van der Waals surface area contributed by atoms with Crippen LogP contribution in [-0.2, 0) is 5.60 Å². The molecule has 1 N–H and O–H groups in total. The Hall–Kier alpha value is -2.26. The van der Waals surface area contributed by atoms with Gasteiger partial charge in [0.2, 0.25) is 0 Å². The third kappa shape index (κ3) is 2.30. The summed E-state index contributed by atoms with van der Waals surface area (Å²) in [5.74, 6) is -0.314. The van der Waals surface area contributed by atoms with Crippen molar-refractivity contribution in [3.8, 4) is 0 Å². The zero-order chi connectivity index (χ0) is 15.0. The van der Waals surface area contributed by atoms with Crippen molar-refractivity contribution in [1.29, 1.82) is 0 Å². The van der Waals surface area contributed by atoms with E-state index in [9.17, 15) is 9.50 Å². The molecule has 1 heterocycles. The lowest BCUT2D eigenvalue weighted by Gasteiger charge is -2.26. The quantitative estimate of drug-likeness (QED) is 0.772. The Morgan fingerprint density at radius 2 is 1.95 bits per heavy atom. The molecule has 21 heavy (non-hydrogen) atoms. The molecule has 0 aliphatic carbocycles. The largest absolute Gasteiger partial charge is 0.381 e. The summed E-state index contributed by atoms with van der Waals surface area (Å²) in [6, 6.07) is 12.4. The molecule has 106 valence electrons. The van der Waals surface area contributed by atoms with Crippen molar-refractivity contribution in [2.45, 2.75) is 19.4 Å². The number of benzene rings is 2. The molecule has 3 rings (SSSR count). The van der Waals surface area contributed by atoms with E-state index in [-0.39, 0.29) is 5.82 Å². The van der Waals surface area contributed by atoms with Crippen LogP contribution in [0.25, 0.3) is 10.8 Å². The summed E-state index contributed by atoms with van der Waals surface area (Å²) < 4.78 is 13.8. The van der Waals surface area contributed by atoms with Crippen LogP contribution in [0.15, 0.2) is 54.9 Å². The molecular formula is C18H16FNO. The number of fused-ring (bicyclic) bond motifs is 1. The van der Waals surface area contributed by atoms with Crippen LogP contribution in [0.5, 0.6) is 0 Å². The second kappa shape index (κ2) is 4.93. The number of halogens is 1. The molecule has 0 aliphatic rings. The second-order valence-corrected chi connectivity index (χ2v) is 5.44. The number of hydrogen-bond acceptors (Lipinski definition) is 2. The Labute approximate surface area is 122 Å². The molecule has 0 saturated carbocycles. The molecule has 0 bridgehead atoms. The molecule has 0 spiro atoms. The lowest BCUT2D eigenvalue weighted by molar-refractivity contribution is 0.103. The number of aromatic nitrogens is 1. The maximum Gasteiger partial charge on any atom is 0.126 e. The smallest absolute Gasteiger partial charge is 0.126 e. The highest BCUT2D eigenvalue weighted by atomic mass is 19.1. The molecule has 0 saturated heterocycles. The van der Waals surface area contributed by atoms with Gasteiger partial charge in [0.05, 0.1) is 0 Å². The fourth-order valence-electron chi connectivity index (χ4n) is 2.59. The Kier molecular flexibility index (Phi) is 3.22. The number of pyridine rings is 1. The average Bonchev–Trinajstić information content (AvgIpc) is 2.49. The molecule has 1 aromatic heterocycles. The molecule has 0 aliphatic heterocycles. The van der Waals surface area contributed by atoms with E-state index in [1.165, 1.54) is 6.07 Å². The van der Waals surface area contributed by atoms with Gasteiger partial charge in [-0.1, -0.05) is 30.3 Å². The van der Waals surface area contributed by atoms with Gasteiger partial charge in [-0.2, -0.15) is 0 Å². The molecule has 0 fully saturated rings. The Morgan fingerprint density at radius 1 is 1.14 bits per heavy atom. The maximum atomic E-state index is 13.8. The lowest BCUT2D eigenvalue weighted by atomic mass is 9.85. The predicted molar refractivity (Wildman–Crippen MR) is 81.6 cm³/mol. The number of aryl methyl sites for hydroxylation is 1. The van der Waals surface area contributed by atoms with Gasteiger partial charge in [0.25, 0.3) is 0 Å². The maximum absolute atomic E-state index is 13.8. The second-order valence-electron chi connectivity index (χ2n) is 5.44. The fourth-order valence-corrected chi connectivity index (χ4v) is 2.59. The summed E-state index contributed by atoms with van der Waals surface area (Å²) in [5, 5.41) is 12.8. The minimum absolute atomic E-state index is 0.314. The molecular weight excluding hydrogens is 265 g/mol. The highest BCUT2D eigenvalue weighted by Gasteiger charge is 2.28. The standard InChI is InChI=1S/C18H16FNO/c1-12-6-7-14(10-17(12)19)18(2,21)16-5-3-4-13-8-9-20-11-15(13)16/h3-11,21H,1-2H3. The van der Waals surface area contributed by atoms with Crippen LogP contribution in [0.1, 0.15) is 23.6 Å². The first-order valence-electron chi connectivity index (χ1n) is 6.82. The van der Waals surface area contributed by atoms with Crippen LogP contribution in [0.2, 0.25) is 0 Å². The van der Waals surface area contributed by atoms with Gasteiger partial charge in [-0.3, -0.25) is 4.98 Å². The van der Waals surface area contributed by atoms with Gasteiger partial charge in [0.1, 0.15) is 11.4 Å². The molecule has 3 heteroatoms. The molecule has 3 aromatic rings. The summed E-state index contributed by atoms with van der Waals surface area (Å²) in [5.41, 5.74) is 0.532. The van der Waals surface area contributed by atoms with Crippen LogP contribution in [-0.4, -0.2) is 10.1 Å². The average molecular weight is 281 g/mol. The summed E-state index contributed by atoms with van der Waals surface area (Å²) in [6.45, 7) is 3.38. The minimum atomic E-state index is -1.28. The van der Waals surface area contributed by atoms with Crippen molar-refractivity contribution >= 4 is 10.8 Å². The van der Waals surface area contributed by atoms with Crippen molar-refractivity contribution in [2.24, 2.45) is 0 Å². The van der Waals surface area contributed by atoms with E-state index in [0.717, 1.165) is 16.3 Å². The van der Waals surface area contributed by atoms with E-state index in [4.69, 9.17) is 0 Å². The van der Waals surface area contributed by atoms with E-state index in [2.05, 4.69) is 4.98 Å². The molecule has 2 aromatic carbocycles. The number of rotatable bonds is 2. The summed E-state index contributed by atoms with van der Waals surface area (Å²) >= 11 is 0. The number of nitrogens with zero attached hydrogens (tertiary/aromatic N) is 1. The van der Waals surface area contributed by atoms with Crippen molar-refractivity contribution in [3.63, 3.8) is 0 Å². The van der Waals surface area contributed by atoms with E-state index in [1.807, 2.05) is 24.3 Å². The van der Waals surface area contributed by atoms with Gasteiger partial charge < -0.3 is 5.11 Å². The Balaban J connectivity index is 2.22. The predicted octanol–water partition coefficient (Wildman–Crippen LogP) is 3.94. The van der Waals surface area contributed by atoms with Crippen LogP contribution < -0.4 is 0 Å². The highest BCUT2D eigenvalue weighted by molar-refractivity contribution is 5.86. The van der Waals surface area contributed by atoms with Crippen LogP contribution >= 0.6 is 0 Å². The van der Waals surface area contributed by atoms with Gasteiger partial charge in [-0.25, -0.2) is 4.39 Å². The van der Waals surface area contributed by atoms with Crippen LogP contribution in [0, 0.1) is 12.7 Å².